The van der Waals surface area contributed by atoms with Crippen molar-refractivity contribution in [1.29, 1.82) is 0 Å². The normalized spacial score (nSPS) is 18.4. The van der Waals surface area contributed by atoms with E-state index < -0.39 is 0 Å². The maximum atomic E-state index is 6.21. The van der Waals surface area contributed by atoms with Crippen LogP contribution in [-0.2, 0) is 0 Å². The van der Waals surface area contributed by atoms with E-state index in [0.717, 1.165) is 33.2 Å². The molecule has 31 heavy (non-hydrogen) atoms. The fourth-order valence-corrected chi connectivity index (χ4v) is 4.88. The molecule has 2 N–H and O–H groups in total. The van der Waals surface area contributed by atoms with Gasteiger partial charge < -0.3 is 10.1 Å². The summed E-state index contributed by atoms with van der Waals surface area (Å²) in [5, 5.41) is 8.17. The topological polar surface area (TPSA) is 74.7 Å². The first-order valence-corrected chi connectivity index (χ1v) is 12.7. The van der Waals surface area contributed by atoms with Gasteiger partial charge in [-0.2, -0.15) is 0 Å². The van der Waals surface area contributed by atoms with Gasteiger partial charge in [-0.1, -0.05) is 55.7 Å². The van der Waals surface area contributed by atoms with Crippen molar-refractivity contribution in [3.05, 3.63) is 45.9 Å². The van der Waals surface area contributed by atoms with Crippen LogP contribution in [-0.4, -0.2) is 39.0 Å². The molecule has 1 atom stereocenters. The Morgan fingerprint density at radius 2 is 2.10 bits per heavy atom. The van der Waals surface area contributed by atoms with Crippen LogP contribution < -0.4 is 15.5 Å². The summed E-state index contributed by atoms with van der Waals surface area (Å²) in [6, 6.07) is 5.08. The number of nitrogens with zero attached hydrogens (tertiary/aromatic N) is 4. The van der Waals surface area contributed by atoms with Crippen LogP contribution in [0.1, 0.15) is 26.3 Å². The van der Waals surface area contributed by atoms with Crippen LogP contribution in [0, 0.1) is 5.92 Å². The summed E-state index contributed by atoms with van der Waals surface area (Å²) in [5.74, 6) is 3.81. The van der Waals surface area contributed by atoms with E-state index in [-0.39, 0.29) is 12.1 Å². The molecule has 2 aliphatic rings. The number of hydrogen-bond donors (Lipinski definition) is 2. The summed E-state index contributed by atoms with van der Waals surface area (Å²) >= 11 is 15.4. The molecule has 1 aromatic carbocycles. The van der Waals surface area contributed by atoms with Gasteiger partial charge in [0.2, 0.25) is 0 Å². The molecule has 0 fully saturated rings. The average molecular weight is 497 g/mol. The van der Waals surface area contributed by atoms with Crippen LogP contribution in [0.2, 0.25) is 10.0 Å². The van der Waals surface area contributed by atoms with Crippen molar-refractivity contribution in [1.82, 2.24) is 20.4 Å². The minimum Gasteiger partial charge on any atom is -0.460 e. The van der Waals surface area contributed by atoms with Crippen molar-refractivity contribution < 1.29 is 4.74 Å². The summed E-state index contributed by atoms with van der Waals surface area (Å²) in [6.07, 6.45) is 3.51. The summed E-state index contributed by atoms with van der Waals surface area (Å²) in [5.41, 5.74) is 4.20. The maximum absolute atomic E-state index is 6.21. The van der Waals surface area contributed by atoms with Crippen molar-refractivity contribution in [2.24, 2.45) is 10.9 Å². The molecule has 0 spiro atoms. The second-order valence-electron chi connectivity index (χ2n) is 7.12. The molecular weight excluding hydrogens is 475 g/mol. The molecule has 0 amide bonds. The van der Waals surface area contributed by atoms with Crippen LogP contribution in [0.25, 0.3) is 0 Å². The smallest absolute Gasteiger partial charge is 0.190 e. The number of anilines is 1. The largest absolute Gasteiger partial charge is 0.460 e. The third-order valence-electron chi connectivity index (χ3n) is 4.62. The van der Waals surface area contributed by atoms with Crippen molar-refractivity contribution in [2.75, 3.05) is 17.3 Å². The number of thioether (sulfide) groups is 2. The predicted molar refractivity (Wildman–Crippen MR) is 129 cm³/mol. The monoisotopic (exact) mass is 496 g/mol. The number of hydrazine groups is 1. The first-order valence-electron chi connectivity index (χ1n) is 9.73. The first kappa shape index (κ1) is 22.4. The molecule has 0 aliphatic carbocycles. The van der Waals surface area contributed by atoms with Gasteiger partial charge in [0.1, 0.15) is 29.0 Å². The minimum absolute atomic E-state index is 0.0413. The lowest BCUT2D eigenvalue weighted by molar-refractivity contribution is 0.231. The molecule has 2 aliphatic heterocycles. The Kier molecular flexibility index (Phi) is 6.76. The Labute approximate surface area is 200 Å². The van der Waals surface area contributed by atoms with Gasteiger partial charge in [0.15, 0.2) is 16.8 Å². The number of aromatic nitrogens is 2. The van der Waals surface area contributed by atoms with E-state index in [2.05, 4.69) is 31.5 Å². The van der Waals surface area contributed by atoms with Gasteiger partial charge >= 0.3 is 0 Å². The third kappa shape index (κ3) is 4.55. The Hall–Kier alpha value is -1.81. The van der Waals surface area contributed by atoms with Gasteiger partial charge in [0, 0.05) is 5.02 Å². The zero-order valence-corrected chi connectivity index (χ0v) is 20.6. The molecule has 2 aromatic rings. The molecule has 7 nitrogen and oxygen atoms in total. The maximum Gasteiger partial charge on any atom is 0.190 e. The number of aliphatic imine (C=N–C) groups is 1. The Morgan fingerprint density at radius 3 is 2.77 bits per heavy atom. The molecule has 0 radical (unpaired) electrons. The van der Waals surface area contributed by atoms with Gasteiger partial charge in [-0.05, 0) is 36.1 Å². The van der Waals surface area contributed by atoms with E-state index >= 15 is 0 Å². The number of hydrogen-bond acceptors (Lipinski definition) is 9. The number of amidine groups is 1. The zero-order chi connectivity index (χ0) is 22.1. The summed E-state index contributed by atoms with van der Waals surface area (Å²) in [4.78, 5) is 14.3. The second-order valence-corrected chi connectivity index (χ2v) is 9.99. The van der Waals surface area contributed by atoms with Crippen molar-refractivity contribution in [2.45, 2.75) is 37.1 Å². The average Bonchev–Trinajstić information content (AvgIpc) is 3.15. The highest BCUT2D eigenvalue weighted by Gasteiger charge is 2.39. The number of halogens is 2. The fourth-order valence-electron chi connectivity index (χ4n) is 3.23. The molecule has 164 valence electrons. The van der Waals surface area contributed by atoms with E-state index in [0.29, 0.717) is 21.6 Å². The van der Waals surface area contributed by atoms with Gasteiger partial charge in [-0.3, -0.25) is 5.43 Å². The van der Waals surface area contributed by atoms with Gasteiger partial charge in [-0.15, -0.1) is 11.8 Å². The summed E-state index contributed by atoms with van der Waals surface area (Å²) < 4.78 is 5.76. The van der Waals surface area contributed by atoms with E-state index in [4.69, 9.17) is 42.9 Å². The summed E-state index contributed by atoms with van der Waals surface area (Å²) in [7, 11) is 0. The van der Waals surface area contributed by atoms with Crippen LogP contribution in [0.4, 0.5) is 5.82 Å². The highest BCUT2D eigenvalue weighted by molar-refractivity contribution is 7.99. The lowest BCUT2D eigenvalue weighted by Crippen LogP contribution is -2.55. The van der Waals surface area contributed by atoms with E-state index in [9.17, 15) is 0 Å². The Balaban J connectivity index is 1.72. The van der Waals surface area contributed by atoms with Gasteiger partial charge in [0.05, 0.1) is 10.6 Å². The van der Waals surface area contributed by atoms with Crippen LogP contribution in [0.5, 0.6) is 5.75 Å². The van der Waals surface area contributed by atoms with Crippen LogP contribution in [0.3, 0.4) is 0 Å². The Bertz CT molecular complexity index is 1060. The van der Waals surface area contributed by atoms with E-state index in [1.54, 1.807) is 48.0 Å². The molecule has 4 rings (SSSR count). The SMILES string of the molecule is CCSc1nc2c(c(SC)n1)C1=NC(=COc3ccc(Cl)cc3Cl)NN1C(C(C)C)N2. The molecule has 11 heteroatoms. The number of nitrogens with one attached hydrogen (secondary N) is 2. The van der Waals surface area contributed by atoms with Crippen molar-refractivity contribution in [3.63, 3.8) is 0 Å². The van der Waals surface area contributed by atoms with Crippen molar-refractivity contribution in [3.8, 4) is 5.75 Å². The molecule has 0 bridgehead atoms. The first-order chi connectivity index (χ1) is 14.9. The van der Waals surface area contributed by atoms with Gasteiger partial charge in [-0.25, -0.2) is 20.0 Å². The summed E-state index contributed by atoms with van der Waals surface area (Å²) in [6.45, 7) is 6.38. The van der Waals surface area contributed by atoms with Crippen LogP contribution >= 0.6 is 46.7 Å². The third-order valence-corrected chi connectivity index (χ3v) is 6.56. The number of benzene rings is 1. The molecule has 3 heterocycles. The zero-order valence-electron chi connectivity index (χ0n) is 17.4. The molecule has 1 unspecified atom stereocenters. The standard InChI is InChI=1S/C20H22Cl2N6OS2/c1-5-31-20-25-16-15(19(26-20)30-4)18-23-14(27-28(18)17(24-16)10(2)3)9-29-13-7-6-11(21)8-12(13)22/h6-10,17,27H,5H2,1-4H3,(H,24,25,26). The minimum atomic E-state index is -0.0413. The van der Waals surface area contributed by atoms with Gasteiger partial charge in [0.25, 0.3) is 0 Å². The molecule has 0 saturated carbocycles. The van der Waals surface area contributed by atoms with Crippen LogP contribution in [0.15, 0.2) is 45.5 Å². The fraction of sp³-hybridized carbons (Fsp3) is 0.350. The molecule has 0 saturated heterocycles. The van der Waals surface area contributed by atoms with Crippen molar-refractivity contribution >= 4 is 58.4 Å². The highest BCUT2D eigenvalue weighted by atomic mass is 35.5. The van der Waals surface area contributed by atoms with E-state index in [1.807, 2.05) is 11.3 Å². The number of ether oxygens (including phenoxy) is 1. The second kappa shape index (κ2) is 9.36. The van der Waals surface area contributed by atoms with E-state index in [1.165, 1.54) is 0 Å². The number of fused-ring (bicyclic) bond motifs is 3. The number of rotatable bonds is 6. The predicted octanol–water partition coefficient (Wildman–Crippen LogP) is 5.47. The Morgan fingerprint density at radius 1 is 1.29 bits per heavy atom. The molecular formula is C20H22Cl2N6OS2. The highest BCUT2D eigenvalue weighted by Crippen LogP contribution is 2.36. The molecule has 1 aromatic heterocycles. The lowest BCUT2D eigenvalue weighted by atomic mass is 10.1. The quantitative estimate of drug-likeness (QED) is 0.236. The lowest BCUT2D eigenvalue weighted by Gasteiger charge is -2.38.